The average Bonchev–Trinajstić information content (AvgIpc) is 3.09. The van der Waals surface area contributed by atoms with Crippen LogP contribution in [0.15, 0.2) is 16.7 Å². The molecule has 0 bridgehead atoms. The molecule has 1 saturated heterocycles. The van der Waals surface area contributed by atoms with Gasteiger partial charge in [0.05, 0.1) is 17.3 Å². The molecule has 0 saturated carbocycles. The molecule has 0 spiro atoms. The van der Waals surface area contributed by atoms with Crippen LogP contribution in [0.2, 0.25) is 10.3 Å². The van der Waals surface area contributed by atoms with Crippen molar-refractivity contribution in [3.05, 3.63) is 39.5 Å². The monoisotopic (exact) mass is 326 g/mol. The van der Waals surface area contributed by atoms with Crippen LogP contribution in [-0.2, 0) is 0 Å². The molecule has 1 aliphatic rings. The van der Waals surface area contributed by atoms with E-state index in [4.69, 9.17) is 27.7 Å². The van der Waals surface area contributed by atoms with Crippen LogP contribution in [0.5, 0.6) is 0 Å². The Morgan fingerprint density at radius 1 is 1.38 bits per heavy atom. The Labute approximate surface area is 131 Å². The van der Waals surface area contributed by atoms with Crippen LogP contribution >= 0.6 is 23.2 Å². The molecule has 8 heteroatoms. The van der Waals surface area contributed by atoms with Crippen molar-refractivity contribution in [3.63, 3.8) is 0 Å². The number of hydrogen-bond acceptors (Lipinski definition) is 5. The van der Waals surface area contributed by atoms with Crippen molar-refractivity contribution in [2.24, 2.45) is 0 Å². The fourth-order valence-corrected chi connectivity index (χ4v) is 2.82. The lowest BCUT2D eigenvalue weighted by Gasteiger charge is -2.22. The summed E-state index contributed by atoms with van der Waals surface area (Å²) in [6.07, 6.45) is 1.71. The number of rotatable bonds is 2. The third-order valence-electron chi connectivity index (χ3n) is 3.44. The van der Waals surface area contributed by atoms with Crippen LogP contribution in [0.1, 0.15) is 40.7 Å². The van der Waals surface area contributed by atoms with Crippen molar-refractivity contribution in [3.8, 4) is 0 Å². The molecule has 21 heavy (non-hydrogen) atoms. The van der Waals surface area contributed by atoms with Crippen molar-refractivity contribution < 1.29 is 9.32 Å². The number of nitrogens with zero attached hydrogens (tertiary/aromatic N) is 4. The molecule has 1 amide bonds. The van der Waals surface area contributed by atoms with E-state index in [1.807, 2.05) is 13.0 Å². The summed E-state index contributed by atoms with van der Waals surface area (Å²) in [6.45, 7) is 2.47. The van der Waals surface area contributed by atoms with Gasteiger partial charge in [-0.05, 0) is 25.8 Å². The van der Waals surface area contributed by atoms with Crippen LogP contribution in [0.4, 0.5) is 0 Å². The van der Waals surface area contributed by atoms with Crippen LogP contribution in [0, 0.1) is 6.92 Å². The van der Waals surface area contributed by atoms with Crippen LogP contribution < -0.4 is 0 Å². The highest BCUT2D eigenvalue weighted by atomic mass is 35.5. The number of likely N-dealkylation sites (tertiary alicyclic amines) is 1. The summed E-state index contributed by atoms with van der Waals surface area (Å²) >= 11 is 11.7. The van der Waals surface area contributed by atoms with E-state index >= 15 is 0 Å². The van der Waals surface area contributed by atoms with Crippen molar-refractivity contribution in [1.82, 2.24) is 20.3 Å². The second kappa shape index (κ2) is 5.61. The number of carbonyl (C=O) groups excluding carboxylic acids is 1. The molecule has 1 unspecified atom stereocenters. The van der Waals surface area contributed by atoms with E-state index in [0.29, 0.717) is 12.3 Å². The van der Waals surface area contributed by atoms with Crippen LogP contribution in [0.3, 0.4) is 0 Å². The van der Waals surface area contributed by atoms with Crippen LogP contribution in [-0.4, -0.2) is 32.7 Å². The summed E-state index contributed by atoms with van der Waals surface area (Å²) in [7, 11) is 0. The number of hydrogen-bond donors (Lipinski definition) is 0. The largest absolute Gasteiger partial charge is 0.359 e. The summed E-state index contributed by atoms with van der Waals surface area (Å²) in [4.78, 5) is 14.4. The van der Waals surface area contributed by atoms with E-state index in [-0.39, 0.29) is 27.8 Å². The van der Waals surface area contributed by atoms with Gasteiger partial charge in [-0.1, -0.05) is 28.4 Å². The maximum atomic E-state index is 12.7. The van der Waals surface area contributed by atoms with Gasteiger partial charge in [-0.2, -0.15) is 0 Å². The SMILES string of the molecule is Cc1cc(C2CCCN2C(=O)c2cc(Cl)nnc2Cl)on1. The molecule has 1 fully saturated rings. The third kappa shape index (κ3) is 2.73. The summed E-state index contributed by atoms with van der Waals surface area (Å²) in [5.41, 5.74) is 1.04. The van der Waals surface area contributed by atoms with Crippen LogP contribution in [0.25, 0.3) is 0 Å². The van der Waals surface area contributed by atoms with Gasteiger partial charge in [0.1, 0.15) is 0 Å². The first-order valence-electron chi connectivity index (χ1n) is 6.49. The predicted octanol–water partition coefficient (Wildman–Crippen LogP) is 3.06. The number of halogens is 2. The highest BCUT2D eigenvalue weighted by Crippen LogP contribution is 2.34. The minimum Gasteiger partial charge on any atom is -0.359 e. The fourth-order valence-electron chi connectivity index (χ4n) is 2.50. The van der Waals surface area contributed by atoms with Gasteiger partial charge in [0.15, 0.2) is 16.1 Å². The van der Waals surface area contributed by atoms with Gasteiger partial charge < -0.3 is 9.42 Å². The van der Waals surface area contributed by atoms with E-state index in [9.17, 15) is 4.79 Å². The molecule has 6 nitrogen and oxygen atoms in total. The topological polar surface area (TPSA) is 72.1 Å². The molecule has 0 radical (unpaired) electrons. The maximum Gasteiger partial charge on any atom is 0.257 e. The molecule has 1 atom stereocenters. The zero-order valence-electron chi connectivity index (χ0n) is 11.2. The first kappa shape index (κ1) is 14.3. The predicted molar refractivity (Wildman–Crippen MR) is 76.3 cm³/mol. The quantitative estimate of drug-likeness (QED) is 0.848. The normalized spacial score (nSPS) is 18.2. The molecule has 0 N–H and O–H groups in total. The summed E-state index contributed by atoms with van der Waals surface area (Å²) in [6, 6.07) is 3.14. The lowest BCUT2D eigenvalue weighted by molar-refractivity contribution is 0.0714. The van der Waals surface area contributed by atoms with Gasteiger partial charge in [-0.3, -0.25) is 4.79 Å². The maximum absolute atomic E-state index is 12.7. The standard InChI is InChI=1S/C13H12Cl2N4O2/c1-7-5-10(21-18-7)9-3-2-4-19(9)13(20)8-6-11(14)16-17-12(8)15/h5-6,9H,2-4H2,1H3. The lowest BCUT2D eigenvalue weighted by Crippen LogP contribution is -2.30. The Balaban J connectivity index is 1.91. The Bertz CT molecular complexity index is 689. The van der Waals surface area contributed by atoms with E-state index in [1.165, 1.54) is 6.07 Å². The van der Waals surface area contributed by atoms with E-state index in [1.54, 1.807) is 4.90 Å². The summed E-state index contributed by atoms with van der Waals surface area (Å²) in [5, 5.41) is 11.3. The first-order chi connectivity index (χ1) is 10.1. The van der Waals surface area contributed by atoms with Crippen molar-refractivity contribution in [2.75, 3.05) is 6.54 Å². The Morgan fingerprint density at radius 2 is 2.19 bits per heavy atom. The zero-order chi connectivity index (χ0) is 15.0. The minimum absolute atomic E-state index is 0.0452. The Morgan fingerprint density at radius 3 is 2.90 bits per heavy atom. The van der Waals surface area contributed by atoms with E-state index < -0.39 is 0 Å². The fraction of sp³-hybridized carbons (Fsp3) is 0.385. The van der Waals surface area contributed by atoms with Gasteiger partial charge in [0.2, 0.25) is 0 Å². The molecule has 1 aliphatic heterocycles. The molecular weight excluding hydrogens is 315 g/mol. The average molecular weight is 327 g/mol. The molecule has 2 aromatic rings. The Hall–Kier alpha value is -1.66. The molecular formula is C13H12Cl2N4O2. The van der Waals surface area contributed by atoms with Crippen molar-refractivity contribution in [2.45, 2.75) is 25.8 Å². The number of aryl methyl sites for hydroxylation is 1. The van der Waals surface area contributed by atoms with Crippen molar-refractivity contribution >= 4 is 29.1 Å². The number of amides is 1. The van der Waals surface area contributed by atoms with Gasteiger partial charge >= 0.3 is 0 Å². The summed E-state index contributed by atoms with van der Waals surface area (Å²) < 4.78 is 5.29. The lowest BCUT2D eigenvalue weighted by atomic mass is 10.1. The molecule has 0 aromatic carbocycles. The number of carbonyl (C=O) groups is 1. The number of aromatic nitrogens is 3. The smallest absolute Gasteiger partial charge is 0.257 e. The minimum atomic E-state index is -0.228. The highest BCUT2D eigenvalue weighted by molar-refractivity contribution is 6.34. The second-order valence-electron chi connectivity index (χ2n) is 4.90. The summed E-state index contributed by atoms with van der Waals surface area (Å²) in [5.74, 6) is 0.455. The van der Waals surface area contributed by atoms with Gasteiger partial charge in [-0.15, -0.1) is 10.2 Å². The molecule has 110 valence electrons. The van der Waals surface area contributed by atoms with E-state index in [0.717, 1.165) is 18.5 Å². The van der Waals surface area contributed by atoms with Gasteiger partial charge in [0.25, 0.3) is 5.91 Å². The first-order valence-corrected chi connectivity index (χ1v) is 7.25. The van der Waals surface area contributed by atoms with E-state index in [2.05, 4.69) is 15.4 Å². The highest BCUT2D eigenvalue weighted by Gasteiger charge is 2.34. The molecule has 2 aromatic heterocycles. The molecule has 3 heterocycles. The molecule has 0 aliphatic carbocycles. The molecule has 3 rings (SSSR count). The Kier molecular flexibility index (Phi) is 3.82. The zero-order valence-corrected chi connectivity index (χ0v) is 12.7. The van der Waals surface area contributed by atoms with Gasteiger partial charge in [-0.25, -0.2) is 0 Å². The van der Waals surface area contributed by atoms with Gasteiger partial charge in [0, 0.05) is 12.6 Å². The second-order valence-corrected chi connectivity index (χ2v) is 5.64. The third-order valence-corrected chi connectivity index (χ3v) is 3.90. The van der Waals surface area contributed by atoms with Crippen molar-refractivity contribution in [1.29, 1.82) is 0 Å².